The summed E-state index contributed by atoms with van der Waals surface area (Å²) in [5.74, 6) is -0.0483. The summed E-state index contributed by atoms with van der Waals surface area (Å²) >= 11 is 0. The third kappa shape index (κ3) is 2.94. The van der Waals surface area contributed by atoms with E-state index < -0.39 is 6.04 Å². The minimum absolute atomic E-state index is 0.000764. The van der Waals surface area contributed by atoms with E-state index in [1.807, 2.05) is 6.92 Å². The second-order valence-corrected chi connectivity index (χ2v) is 6.00. The zero-order valence-electron chi connectivity index (χ0n) is 13.5. The number of benzene rings is 1. The summed E-state index contributed by atoms with van der Waals surface area (Å²) in [5.41, 5.74) is 4.72. The molecule has 0 spiro atoms. The fraction of sp³-hybridized carbons (Fsp3) is 0.529. The molecule has 2 unspecified atom stereocenters. The number of piperazine rings is 1. The van der Waals surface area contributed by atoms with Crippen LogP contribution in [0.15, 0.2) is 12.1 Å². The standard InChI is InChI=1S/C17H24N2O2/c1-6-15-16(20)18-13(5)17(21)19(15)9-14-11(3)7-10(2)8-12(14)4/h7-8,13,15H,6,9H2,1-5H3,(H,18,20). The minimum Gasteiger partial charge on any atom is -0.343 e. The highest BCUT2D eigenvalue weighted by Gasteiger charge is 2.37. The molecule has 2 atom stereocenters. The molecule has 0 bridgehead atoms. The smallest absolute Gasteiger partial charge is 0.245 e. The van der Waals surface area contributed by atoms with Crippen molar-refractivity contribution in [3.8, 4) is 0 Å². The lowest BCUT2D eigenvalue weighted by Gasteiger charge is -2.38. The van der Waals surface area contributed by atoms with Crippen LogP contribution in [0.5, 0.6) is 0 Å². The molecule has 1 saturated heterocycles. The first-order chi connectivity index (χ1) is 9.85. The van der Waals surface area contributed by atoms with Gasteiger partial charge in [0.15, 0.2) is 0 Å². The lowest BCUT2D eigenvalue weighted by molar-refractivity contribution is -0.149. The Morgan fingerprint density at radius 1 is 1.14 bits per heavy atom. The van der Waals surface area contributed by atoms with Crippen LogP contribution >= 0.6 is 0 Å². The van der Waals surface area contributed by atoms with Crippen LogP contribution in [0, 0.1) is 20.8 Å². The van der Waals surface area contributed by atoms with Gasteiger partial charge in [-0.15, -0.1) is 0 Å². The highest BCUT2D eigenvalue weighted by molar-refractivity contribution is 5.96. The monoisotopic (exact) mass is 288 g/mol. The van der Waals surface area contributed by atoms with Gasteiger partial charge in [-0.2, -0.15) is 0 Å². The zero-order valence-corrected chi connectivity index (χ0v) is 13.5. The summed E-state index contributed by atoms with van der Waals surface area (Å²) in [5, 5.41) is 2.75. The normalized spacial score (nSPS) is 22.4. The van der Waals surface area contributed by atoms with Crippen LogP contribution in [0.2, 0.25) is 0 Å². The summed E-state index contributed by atoms with van der Waals surface area (Å²) in [4.78, 5) is 26.3. The molecule has 0 aromatic heterocycles. The van der Waals surface area contributed by atoms with E-state index in [2.05, 4.69) is 38.2 Å². The van der Waals surface area contributed by atoms with E-state index in [1.165, 1.54) is 16.7 Å². The van der Waals surface area contributed by atoms with Crippen molar-refractivity contribution in [3.63, 3.8) is 0 Å². The third-order valence-corrected chi connectivity index (χ3v) is 4.25. The molecule has 1 aliphatic heterocycles. The van der Waals surface area contributed by atoms with Gasteiger partial charge in [-0.25, -0.2) is 0 Å². The van der Waals surface area contributed by atoms with Gasteiger partial charge in [0.2, 0.25) is 11.8 Å². The average Bonchev–Trinajstić information content (AvgIpc) is 2.39. The Bertz CT molecular complexity index is 557. The molecule has 1 heterocycles. The Kier molecular flexibility index (Phi) is 4.35. The van der Waals surface area contributed by atoms with E-state index in [9.17, 15) is 9.59 Å². The second kappa shape index (κ2) is 5.88. The van der Waals surface area contributed by atoms with E-state index in [0.29, 0.717) is 13.0 Å². The fourth-order valence-electron chi connectivity index (χ4n) is 3.14. The molecule has 2 rings (SSSR count). The van der Waals surface area contributed by atoms with Crippen LogP contribution in [0.4, 0.5) is 0 Å². The summed E-state index contributed by atoms with van der Waals surface area (Å²) in [6.07, 6.45) is 0.633. The third-order valence-electron chi connectivity index (χ3n) is 4.25. The van der Waals surface area contributed by atoms with E-state index in [-0.39, 0.29) is 17.9 Å². The van der Waals surface area contributed by atoms with Gasteiger partial charge in [-0.1, -0.05) is 24.6 Å². The molecule has 21 heavy (non-hydrogen) atoms. The molecule has 0 aliphatic carbocycles. The number of nitrogens with one attached hydrogen (secondary N) is 1. The number of carbonyl (C=O) groups is 2. The summed E-state index contributed by atoms with van der Waals surface area (Å²) in [6.45, 7) is 10.4. The number of hydrogen-bond acceptors (Lipinski definition) is 2. The largest absolute Gasteiger partial charge is 0.343 e. The van der Waals surface area contributed by atoms with E-state index in [1.54, 1.807) is 11.8 Å². The van der Waals surface area contributed by atoms with E-state index in [4.69, 9.17) is 0 Å². The Morgan fingerprint density at radius 3 is 2.24 bits per heavy atom. The van der Waals surface area contributed by atoms with Gasteiger partial charge >= 0.3 is 0 Å². The predicted octanol–water partition coefficient (Wildman–Crippen LogP) is 2.24. The van der Waals surface area contributed by atoms with Crippen molar-refractivity contribution in [2.45, 2.75) is 59.7 Å². The topological polar surface area (TPSA) is 49.4 Å². The Hall–Kier alpha value is -1.84. The molecule has 1 fully saturated rings. The number of carbonyl (C=O) groups excluding carboxylic acids is 2. The SMILES string of the molecule is CCC1C(=O)NC(C)C(=O)N1Cc1c(C)cc(C)cc1C. The van der Waals surface area contributed by atoms with Crippen LogP contribution < -0.4 is 5.32 Å². The van der Waals surface area contributed by atoms with Gasteiger partial charge in [0.25, 0.3) is 0 Å². The minimum atomic E-state index is -0.439. The molecule has 4 nitrogen and oxygen atoms in total. The fourth-order valence-corrected chi connectivity index (χ4v) is 3.14. The zero-order chi connectivity index (χ0) is 15.7. The van der Waals surface area contributed by atoms with Gasteiger partial charge < -0.3 is 10.2 Å². The molecule has 1 aliphatic rings. The number of amides is 2. The first kappa shape index (κ1) is 15.5. The Labute approximate surface area is 126 Å². The number of rotatable bonds is 3. The maximum absolute atomic E-state index is 12.4. The average molecular weight is 288 g/mol. The molecule has 1 N–H and O–H groups in total. The maximum atomic E-state index is 12.4. The molecular weight excluding hydrogens is 264 g/mol. The van der Waals surface area contributed by atoms with Crippen molar-refractivity contribution < 1.29 is 9.59 Å². The van der Waals surface area contributed by atoms with E-state index in [0.717, 1.165) is 5.56 Å². The Morgan fingerprint density at radius 2 is 1.71 bits per heavy atom. The molecular formula is C17H24N2O2. The van der Waals surface area contributed by atoms with Gasteiger partial charge in [0.1, 0.15) is 12.1 Å². The number of aryl methyl sites for hydroxylation is 3. The highest BCUT2D eigenvalue weighted by atomic mass is 16.2. The van der Waals surface area contributed by atoms with Crippen molar-refractivity contribution in [1.82, 2.24) is 10.2 Å². The van der Waals surface area contributed by atoms with Crippen molar-refractivity contribution in [3.05, 3.63) is 34.4 Å². The number of nitrogens with zero attached hydrogens (tertiary/aromatic N) is 1. The summed E-state index contributed by atoms with van der Waals surface area (Å²) < 4.78 is 0. The van der Waals surface area contributed by atoms with Crippen molar-refractivity contribution in [2.75, 3.05) is 0 Å². The molecule has 1 aromatic carbocycles. The molecule has 114 valence electrons. The lowest BCUT2D eigenvalue weighted by atomic mass is 9.97. The number of hydrogen-bond donors (Lipinski definition) is 1. The van der Waals surface area contributed by atoms with Crippen LogP contribution in [-0.4, -0.2) is 28.8 Å². The molecule has 4 heteroatoms. The Balaban J connectivity index is 2.35. The van der Waals surface area contributed by atoms with Crippen LogP contribution in [0.3, 0.4) is 0 Å². The van der Waals surface area contributed by atoms with Crippen molar-refractivity contribution in [1.29, 1.82) is 0 Å². The molecule has 1 aromatic rings. The maximum Gasteiger partial charge on any atom is 0.245 e. The predicted molar refractivity (Wildman–Crippen MR) is 82.9 cm³/mol. The first-order valence-corrected chi connectivity index (χ1v) is 7.52. The molecule has 2 amide bonds. The first-order valence-electron chi connectivity index (χ1n) is 7.52. The molecule has 0 radical (unpaired) electrons. The highest BCUT2D eigenvalue weighted by Crippen LogP contribution is 2.22. The van der Waals surface area contributed by atoms with Crippen molar-refractivity contribution >= 4 is 11.8 Å². The van der Waals surface area contributed by atoms with Gasteiger partial charge in [0, 0.05) is 6.54 Å². The van der Waals surface area contributed by atoms with Crippen LogP contribution in [-0.2, 0) is 16.1 Å². The summed E-state index contributed by atoms with van der Waals surface area (Å²) in [6, 6.07) is 3.45. The van der Waals surface area contributed by atoms with Gasteiger partial charge in [-0.3, -0.25) is 9.59 Å². The second-order valence-electron chi connectivity index (χ2n) is 6.00. The van der Waals surface area contributed by atoms with Crippen LogP contribution in [0.25, 0.3) is 0 Å². The molecule has 0 saturated carbocycles. The van der Waals surface area contributed by atoms with Gasteiger partial charge in [-0.05, 0) is 50.8 Å². The quantitative estimate of drug-likeness (QED) is 0.927. The van der Waals surface area contributed by atoms with E-state index >= 15 is 0 Å². The van der Waals surface area contributed by atoms with Gasteiger partial charge in [0.05, 0.1) is 0 Å². The van der Waals surface area contributed by atoms with Crippen LogP contribution in [0.1, 0.15) is 42.5 Å². The summed E-state index contributed by atoms with van der Waals surface area (Å²) in [7, 11) is 0. The van der Waals surface area contributed by atoms with Crippen molar-refractivity contribution in [2.24, 2.45) is 0 Å². The lowest BCUT2D eigenvalue weighted by Crippen LogP contribution is -2.61.